The Hall–Kier alpha value is -0.890. The molecule has 26 heavy (non-hydrogen) atoms. The zero-order valence-corrected chi connectivity index (χ0v) is 18.6. The van der Waals surface area contributed by atoms with E-state index in [0.29, 0.717) is 12.3 Å². The molecule has 0 N–H and O–H groups in total. The highest BCUT2D eigenvalue weighted by Gasteiger charge is 2.50. The molecule has 0 aromatic heterocycles. The third-order valence-corrected chi connectivity index (χ3v) is 4.72. The number of allylic oxidation sites excluding steroid dienone is 1. The molecule has 0 aromatic carbocycles. The van der Waals surface area contributed by atoms with Gasteiger partial charge in [0.2, 0.25) is 0 Å². The van der Waals surface area contributed by atoms with Gasteiger partial charge >= 0.3 is 11.9 Å². The summed E-state index contributed by atoms with van der Waals surface area (Å²) >= 11 is 2.08. The number of rotatable bonds is 11. The molecule has 1 heterocycles. The second-order valence-corrected chi connectivity index (χ2v) is 8.88. The number of halogens is 1. The summed E-state index contributed by atoms with van der Waals surface area (Å²) in [5.74, 6) is -0.224. The fourth-order valence-corrected chi connectivity index (χ4v) is 3.40. The van der Waals surface area contributed by atoms with Crippen molar-refractivity contribution in [1.82, 2.24) is 0 Å². The van der Waals surface area contributed by atoms with Gasteiger partial charge in [-0.2, -0.15) is 0 Å². The lowest BCUT2D eigenvalue weighted by Crippen LogP contribution is -2.32. The van der Waals surface area contributed by atoms with Crippen molar-refractivity contribution in [1.29, 1.82) is 0 Å². The van der Waals surface area contributed by atoms with Gasteiger partial charge in [-0.25, -0.2) is 4.79 Å². The van der Waals surface area contributed by atoms with Crippen LogP contribution in [0.15, 0.2) is 21.8 Å². The molecule has 0 radical (unpaired) electrons. The molecule has 1 saturated heterocycles. The predicted octanol–water partition coefficient (Wildman–Crippen LogP) is 4.59. The number of carbonyl (C=O) groups is 2. The van der Waals surface area contributed by atoms with E-state index in [4.69, 9.17) is 14.2 Å². The van der Waals surface area contributed by atoms with Crippen LogP contribution in [-0.2, 0) is 23.8 Å². The molecule has 6 heteroatoms. The van der Waals surface area contributed by atoms with Gasteiger partial charge in [-0.1, -0.05) is 33.8 Å². The molecule has 148 valence electrons. The minimum Gasteiger partial charge on any atom is -0.461 e. The highest BCUT2D eigenvalue weighted by atomic mass is 127. The average Bonchev–Trinajstić information content (AvgIpc) is 3.30. The Morgan fingerprint density at radius 3 is 2.46 bits per heavy atom. The predicted molar refractivity (Wildman–Crippen MR) is 110 cm³/mol. The molecule has 5 nitrogen and oxygen atoms in total. The highest BCUT2D eigenvalue weighted by molar-refractivity contribution is 14.1. The monoisotopic (exact) mass is 478 g/mol. The Balaban J connectivity index is 2.74. The van der Waals surface area contributed by atoms with Crippen molar-refractivity contribution >= 4 is 34.5 Å². The van der Waals surface area contributed by atoms with Crippen LogP contribution in [0.2, 0.25) is 0 Å². The molecule has 0 bridgehead atoms. The summed E-state index contributed by atoms with van der Waals surface area (Å²) in [6.45, 7) is 13.7. The smallest absolute Gasteiger partial charge is 0.331 e. The molecule has 0 amide bonds. The standard InChI is InChI=1S/C20H31IO5/c1-7-8-13(3)18-20(26-18)19(25-17(23)10-15(5)21)14(4)9-12(2)11-24-16(6)22/h10,13-14,18-20H,2,7-9,11H2,1,3-6H3/b15-10+/t13-,14-,18+,19+,20-/m0/s1. The third kappa shape index (κ3) is 8.20. The van der Waals surface area contributed by atoms with Gasteiger partial charge in [0.15, 0.2) is 0 Å². The van der Waals surface area contributed by atoms with E-state index in [-0.39, 0.29) is 42.8 Å². The molecule has 1 aliphatic rings. The largest absolute Gasteiger partial charge is 0.461 e. The second-order valence-electron chi connectivity index (χ2n) is 7.18. The lowest BCUT2D eigenvalue weighted by Gasteiger charge is -2.23. The summed E-state index contributed by atoms with van der Waals surface area (Å²) in [7, 11) is 0. The first-order chi connectivity index (χ1) is 12.1. The van der Waals surface area contributed by atoms with Crippen molar-refractivity contribution in [2.24, 2.45) is 11.8 Å². The Kier molecular flexibility index (Phi) is 9.85. The molecule has 0 saturated carbocycles. The maximum absolute atomic E-state index is 12.2. The molecule has 1 fully saturated rings. The Labute approximate surface area is 170 Å². The summed E-state index contributed by atoms with van der Waals surface area (Å²) in [4.78, 5) is 23.1. The van der Waals surface area contributed by atoms with Crippen molar-refractivity contribution in [3.8, 4) is 0 Å². The van der Waals surface area contributed by atoms with Crippen LogP contribution in [0.5, 0.6) is 0 Å². The number of carbonyl (C=O) groups excluding carboxylic acids is 2. The Bertz CT molecular complexity index is 538. The van der Waals surface area contributed by atoms with Gasteiger partial charge in [0, 0.05) is 13.0 Å². The van der Waals surface area contributed by atoms with Crippen molar-refractivity contribution in [2.75, 3.05) is 6.61 Å². The van der Waals surface area contributed by atoms with E-state index in [1.54, 1.807) is 0 Å². The number of ether oxygens (including phenoxy) is 3. The summed E-state index contributed by atoms with van der Waals surface area (Å²) < 4.78 is 17.5. The first-order valence-electron chi connectivity index (χ1n) is 9.15. The van der Waals surface area contributed by atoms with Crippen LogP contribution in [0.4, 0.5) is 0 Å². The van der Waals surface area contributed by atoms with Crippen LogP contribution >= 0.6 is 22.6 Å². The van der Waals surface area contributed by atoms with Crippen molar-refractivity contribution in [3.05, 3.63) is 21.8 Å². The maximum Gasteiger partial charge on any atom is 0.331 e. The van der Waals surface area contributed by atoms with Gasteiger partial charge in [0.1, 0.15) is 18.8 Å². The van der Waals surface area contributed by atoms with E-state index in [0.717, 1.165) is 22.0 Å². The van der Waals surface area contributed by atoms with Gasteiger partial charge in [-0.15, -0.1) is 0 Å². The fraction of sp³-hybridized carbons (Fsp3) is 0.700. The first kappa shape index (κ1) is 23.1. The normalized spacial score (nSPS) is 22.9. The SMILES string of the molecule is C=C(COC(C)=O)C[C@H](C)[C@@H](OC(=O)/C=C(\C)I)[C@H]1O[C@@H]1[C@@H](C)CCC. The molecule has 0 aliphatic carbocycles. The van der Waals surface area contributed by atoms with Crippen LogP contribution in [-0.4, -0.2) is 36.9 Å². The zero-order chi connectivity index (χ0) is 19.9. The molecular formula is C20H31IO5. The lowest BCUT2D eigenvalue weighted by atomic mass is 9.90. The van der Waals surface area contributed by atoms with Crippen LogP contribution in [0.3, 0.4) is 0 Å². The highest BCUT2D eigenvalue weighted by Crippen LogP contribution is 2.39. The minimum absolute atomic E-state index is 0.0220. The number of hydrogen-bond donors (Lipinski definition) is 0. The van der Waals surface area contributed by atoms with Gasteiger partial charge in [0.25, 0.3) is 0 Å². The fourth-order valence-electron chi connectivity index (χ4n) is 3.15. The average molecular weight is 478 g/mol. The second kappa shape index (κ2) is 11.1. The maximum atomic E-state index is 12.2. The first-order valence-corrected chi connectivity index (χ1v) is 10.2. The van der Waals surface area contributed by atoms with E-state index in [1.165, 1.54) is 13.0 Å². The van der Waals surface area contributed by atoms with E-state index >= 15 is 0 Å². The summed E-state index contributed by atoms with van der Waals surface area (Å²) in [5, 5.41) is 0. The third-order valence-electron chi connectivity index (χ3n) is 4.41. The van der Waals surface area contributed by atoms with E-state index in [1.807, 2.05) is 13.8 Å². The van der Waals surface area contributed by atoms with Crippen molar-refractivity contribution < 1.29 is 23.8 Å². The quantitative estimate of drug-likeness (QED) is 0.143. The Morgan fingerprint density at radius 2 is 1.92 bits per heavy atom. The van der Waals surface area contributed by atoms with Crippen LogP contribution in [0, 0.1) is 11.8 Å². The van der Waals surface area contributed by atoms with Gasteiger partial charge in [-0.3, -0.25) is 4.79 Å². The molecular weight excluding hydrogens is 447 g/mol. The molecule has 5 atom stereocenters. The zero-order valence-electron chi connectivity index (χ0n) is 16.4. The summed E-state index contributed by atoms with van der Waals surface area (Å²) in [6, 6.07) is 0. The Morgan fingerprint density at radius 1 is 1.27 bits per heavy atom. The van der Waals surface area contributed by atoms with Crippen molar-refractivity contribution in [3.63, 3.8) is 0 Å². The minimum atomic E-state index is -0.350. The topological polar surface area (TPSA) is 65.1 Å². The molecule has 0 unspecified atom stereocenters. The van der Waals surface area contributed by atoms with Crippen molar-refractivity contribution in [2.45, 2.75) is 72.2 Å². The lowest BCUT2D eigenvalue weighted by molar-refractivity contribution is -0.146. The van der Waals surface area contributed by atoms with Gasteiger partial charge in [0.05, 0.1) is 6.10 Å². The molecule has 1 rings (SSSR count). The molecule has 0 spiro atoms. The van der Waals surface area contributed by atoms with Crippen LogP contribution in [0.25, 0.3) is 0 Å². The van der Waals surface area contributed by atoms with Gasteiger partial charge < -0.3 is 14.2 Å². The molecule has 0 aromatic rings. The number of esters is 2. The van der Waals surface area contributed by atoms with E-state index < -0.39 is 0 Å². The number of hydrogen-bond acceptors (Lipinski definition) is 5. The summed E-state index contributed by atoms with van der Waals surface area (Å²) in [6.07, 6.45) is 3.98. The molecule has 1 aliphatic heterocycles. The van der Waals surface area contributed by atoms with Crippen LogP contribution < -0.4 is 0 Å². The van der Waals surface area contributed by atoms with Gasteiger partial charge in [-0.05, 0) is 63.3 Å². The number of epoxide rings is 1. The van der Waals surface area contributed by atoms with E-state index in [2.05, 4.69) is 43.0 Å². The van der Waals surface area contributed by atoms with Crippen LogP contribution in [0.1, 0.15) is 53.9 Å². The van der Waals surface area contributed by atoms with E-state index in [9.17, 15) is 9.59 Å². The summed E-state index contributed by atoms with van der Waals surface area (Å²) in [5.41, 5.74) is 0.799.